The van der Waals surface area contributed by atoms with E-state index in [2.05, 4.69) is 0 Å². The Kier molecular flexibility index (Phi) is 11.5. The fourth-order valence-corrected chi connectivity index (χ4v) is 10.6. The van der Waals surface area contributed by atoms with Gasteiger partial charge in [-0.25, -0.2) is 14.7 Å². The van der Waals surface area contributed by atoms with Gasteiger partial charge in [-0.3, -0.25) is 43.3 Å². The summed E-state index contributed by atoms with van der Waals surface area (Å²) >= 11 is 0. The molecule has 4 heterocycles. The van der Waals surface area contributed by atoms with Crippen LogP contribution in [0.3, 0.4) is 0 Å². The Balaban J connectivity index is 1.00. The van der Waals surface area contributed by atoms with Gasteiger partial charge in [0.25, 0.3) is 47.3 Å². The minimum atomic E-state index is -6.32. The first-order valence-electron chi connectivity index (χ1n) is 22.9. The molecule has 398 valence electrons. The van der Waals surface area contributed by atoms with Crippen molar-refractivity contribution in [2.75, 3.05) is 21.7 Å². The molecule has 8 amide bonds. The fraction of sp³-hybridized carbons (Fsp3) is 0.185. The molecule has 0 spiro atoms. The number of nitrogens with zero attached hydrogens (tertiary/aromatic N) is 4. The van der Waals surface area contributed by atoms with Crippen LogP contribution in [0.5, 0.6) is 0 Å². The number of fused-ring (bicyclic) bond motifs is 4. The van der Waals surface area contributed by atoms with Crippen LogP contribution >= 0.6 is 0 Å². The summed E-state index contributed by atoms with van der Waals surface area (Å²) in [7, 11) is 0.951. The van der Waals surface area contributed by atoms with Gasteiger partial charge in [0.2, 0.25) is 10.8 Å². The van der Waals surface area contributed by atoms with Gasteiger partial charge in [0.15, 0.2) is 0 Å². The third kappa shape index (κ3) is 7.09. The molecule has 78 heavy (non-hydrogen) atoms. The lowest BCUT2D eigenvalue weighted by atomic mass is 9.71. The Hall–Kier alpha value is -8.96. The number of hydrogen-bond acceptors (Lipinski definition) is 8. The van der Waals surface area contributed by atoms with E-state index in [0.29, 0.717) is 69.8 Å². The van der Waals surface area contributed by atoms with Crippen LogP contribution in [0.2, 0.25) is 0 Å². The predicted molar refractivity (Wildman–Crippen MR) is 248 cm³/mol. The maximum absolute atomic E-state index is 15.6. The van der Waals surface area contributed by atoms with E-state index < -0.39 is 161 Å². The molecule has 12 nitrogen and oxygen atoms in total. The highest BCUT2D eigenvalue weighted by Crippen LogP contribution is 2.59. The number of anilines is 3. The van der Waals surface area contributed by atoms with Crippen molar-refractivity contribution in [1.82, 2.24) is 4.90 Å². The number of hydrogen-bond donors (Lipinski definition) is 0. The fourth-order valence-electron chi connectivity index (χ4n) is 10.6. The second kappa shape index (κ2) is 17.0. The lowest BCUT2D eigenvalue weighted by Crippen LogP contribution is -2.55. The molecule has 4 aliphatic rings. The Labute approximate surface area is 430 Å². The van der Waals surface area contributed by atoms with E-state index in [1.807, 2.05) is 0 Å². The van der Waals surface area contributed by atoms with Crippen molar-refractivity contribution in [3.8, 4) is 0 Å². The number of aryl methyl sites for hydroxylation is 2. The highest BCUT2D eigenvalue weighted by atomic mass is 19.4. The van der Waals surface area contributed by atoms with Crippen LogP contribution in [0.15, 0.2) is 115 Å². The van der Waals surface area contributed by atoms with Gasteiger partial charge in [-0.05, 0) is 126 Å². The molecule has 0 fully saturated rings. The van der Waals surface area contributed by atoms with Crippen molar-refractivity contribution in [1.29, 1.82) is 0 Å². The van der Waals surface area contributed by atoms with Gasteiger partial charge in [-0.15, -0.1) is 0 Å². The number of benzene rings is 6. The molecule has 24 heteroatoms. The van der Waals surface area contributed by atoms with E-state index in [4.69, 9.17) is 0 Å². The number of carbonyl (C=O) groups is 8. The van der Waals surface area contributed by atoms with E-state index in [9.17, 15) is 38.4 Å². The normalized spacial score (nSPS) is 16.0. The van der Waals surface area contributed by atoms with Crippen LogP contribution < -0.4 is 14.7 Å². The van der Waals surface area contributed by atoms with Gasteiger partial charge in [0.1, 0.15) is 0 Å². The van der Waals surface area contributed by atoms with Gasteiger partial charge < -0.3 is 0 Å². The SMILES string of the molecule is CCc1cc(C)cc(N2C(=O)c3ccc(C(c4ccc5c(c4)C(=O)N(c4cccc(N6C(=O)c7ccc(C(c8ccc9c(c8)C(=O)N(C)C9=O)(C(F)(F)F)C(F)(F)F)cc7C6=O)c4)C5=O)(C(F)(F)F)C(F)(F)F)cc3C2=O)c1. The summed E-state index contributed by atoms with van der Waals surface area (Å²) in [5, 5.41) is 0. The zero-order valence-electron chi connectivity index (χ0n) is 39.8. The molecular formula is C54H30F12N4O8. The third-order valence-electron chi connectivity index (χ3n) is 14.3. The number of amides is 8. The summed E-state index contributed by atoms with van der Waals surface area (Å²) < 4.78 is 185. The monoisotopic (exact) mass is 1090 g/mol. The molecule has 0 aromatic heterocycles. The first-order valence-corrected chi connectivity index (χ1v) is 22.9. The molecular weight excluding hydrogens is 1060 g/mol. The second-order valence-electron chi connectivity index (χ2n) is 18.6. The molecule has 0 saturated heterocycles. The van der Waals surface area contributed by atoms with E-state index in [1.54, 1.807) is 19.9 Å². The number of rotatable bonds is 8. The summed E-state index contributed by atoms with van der Waals surface area (Å²) in [6.07, 6.45) is -24.8. The van der Waals surface area contributed by atoms with Crippen molar-refractivity contribution in [2.45, 2.75) is 55.8 Å². The molecule has 0 saturated carbocycles. The zero-order valence-corrected chi connectivity index (χ0v) is 39.8. The third-order valence-corrected chi connectivity index (χ3v) is 14.3. The highest BCUT2D eigenvalue weighted by molar-refractivity contribution is 6.37. The molecule has 0 unspecified atom stereocenters. The van der Waals surface area contributed by atoms with Crippen LogP contribution in [0.1, 0.15) is 123 Å². The molecule has 0 bridgehead atoms. The lowest BCUT2D eigenvalue weighted by Gasteiger charge is -2.38. The van der Waals surface area contributed by atoms with Gasteiger partial charge in [-0.2, -0.15) is 52.7 Å². The van der Waals surface area contributed by atoms with E-state index >= 15 is 52.7 Å². The predicted octanol–water partition coefficient (Wildman–Crippen LogP) is 11.0. The Morgan fingerprint density at radius 1 is 0.346 bits per heavy atom. The topological polar surface area (TPSA) is 150 Å². The summed E-state index contributed by atoms with van der Waals surface area (Å²) in [4.78, 5) is 110. The van der Waals surface area contributed by atoms with E-state index in [1.165, 1.54) is 12.1 Å². The van der Waals surface area contributed by atoms with Crippen LogP contribution in [0, 0.1) is 6.92 Å². The maximum atomic E-state index is 15.6. The first kappa shape index (κ1) is 52.5. The number of halogens is 12. The minimum absolute atomic E-state index is 0.00915. The maximum Gasteiger partial charge on any atom is 0.411 e. The molecule has 6 aromatic carbocycles. The molecule has 0 radical (unpaired) electrons. The van der Waals surface area contributed by atoms with E-state index in [-0.39, 0.29) is 45.8 Å². The largest absolute Gasteiger partial charge is 0.411 e. The molecule has 0 N–H and O–H groups in total. The number of carbonyl (C=O) groups excluding carboxylic acids is 8. The second-order valence-corrected chi connectivity index (χ2v) is 18.6. The van der Waals surface area contributed by atoms with Crippen molar-refractivity contribution >= 4 is 64.3 Å². The molecule has 4 aliphatic heterocycles. The van der Waals surface area contributed by atoms with Crippen molar-refractivity contribution in [3.05, 3.63) is 193 Å². The van der Waals surface area contributed by atoms with Crippen LogP contribution in [-0.2, 0) is 17.3 Å². The Morgan fingerprint density at radius 2 is 0.641 bits per heavy atom. The van der Waals surface area contributed by atoms with Crippen molar-refractivity contribution in [3.63, 3.8) is 0 Å². The van der Waals surface area contributed by atoms with Gasteiger partial charge >= 0.3 is 24.7 Å². The zero-order chi connectivity index (χ0) is 56.9. The minimum Gasteiger partial charge on any atom is -0.277 e. The van der Waals surface area contributed by atoms with Crippen molar-refractivity contribution < 1.29 is 91.0 Å². The van der Waals surface area contributed by atoms with E-state index in [0.717, 1.165) is 31.3 Å². The lowest BCUT2D eigenvalue weighted by molar-refractivity contribution is -0.290. The Bertz CT molecular complexity index is 3740. The summed E-state index contributed by atoms with van der Waals surface area (Å²) in [5.41, 5.74) is -22.5. The molecule has 6 aromatic rings. The van der Waals surface area contributed by atoms with Crippen LogP contribution in [0.4, 0.5) is 69.7 Å². The summed E-state index contributed by atoms with van der Waals surface area (Å²) in [5.74, 6) is -10.2. The first-order chi connectivity index (χ1) is 36.3. The standard InChI is InChI=1S/C54H30F12N4O8/c1-4-25-16-24(2)17-32(18-25)70-45(75)36-15-11-29(22-40(36)48(70)78)50(53(61,62)63,54(64,65)66)28-10-14-35-39(21-28)47(77)69(44(35)74)31-7-5-6-30(23-31)68-43(73)34-13-9-27(20-38(34)46(68)76)49(51(55,56)57,52(58,59)60)26-8-12-33-37(19-26)42(72)67(3)41(33)71/h5-23H,4H2,1-3H3. The average Bonchev–Trinajstić information content (AvgIpc) is 4.10. The summed E-state index contributed by atoms with van der Waals surface area (Å²) in [6.45, 7) is 3.40. The van der Waals surface area contributed by atoms with Crippen molar-refractivity contribution in [2.24, 2.45) is 0 Å². The Morgan fingerprint density at radius 3 is 0.974 bits per heavy atom. The van der Waals surface area contributed by atoms with Gasteiger partial charge in [0, 0.05) is 7.05 Å². The van der Waals surface area contributed by atoms with Crippen LogP contribution in [-0.4, -0.2) is 83.9 Å². The molecule has 0 aliphatic carbocycles. The van der Waals surface area contributed by atoms with Crippen LogP contribution in [0.25, 0.3) is 0 Å². The smallest absolute Gasteiger partial charge is 0.277 e. The average molecular weight is 1090 g/mol. The highest BCUT2D eigenvalue weighted by Gasteiger charge is 2.74. The van der Waals surface area contributed by atoms with Gasteiger partial charge in [-0.1, -0.05) is 43.3 Å². The van der Waals surface area contributed by atoms with Gasteiger partial charge in [0.05, 0.1) is 61.6 Å². The molecule has 10 rings (SSSR count). The number of alkyl halides is 12. The number of imide groups is 4. The quantitative estimate of drug-likeness (QED) is 0.108. The molecule has 0 atom stereocenters. The summed E-state index contributed by atoms with van der Waals surface area (Å²) in [6, 6.07) is 12.8.